The first-order valence-electron chi connectivity index (χ1n) is 6.30. The summed E-state index contributed by atoms with van der Waals surface area (Å²) in [4.78, 5) is 22.9. The Morgan fingerprint density at radius 2 is 1.90 bits per heavy atom. The second-order valence-electron chi connectivity index (χ2n) is 4.70. The Morgan fingerprint density at radius 3 is 2.38 bits per heavy atom. The minimum absolute atomic E-state index is 0.00694. The number of carbonyl (C=O) groups is 2. The monoisotopic (exact) mass is 324 g/mol. The molecule has 6 atom stereocenters. The Labute approximate surface area is 126 Å². The zero-order valence-corrected chi connectivity index (χ0v) is 12.2. The highest BCUT2D eigenvalue weighted by Gasteiger charge is 2.44. The van der Waals surface area contributed by atoms with Crippen molar-refractivity contribution < 1.29 is 34.8 Å². The maximum atomic E-state index is 11.9. The van der Waals surface area contributed by atoms with Crippen molar-refractivity contribution in [2.24, 2.45) is 0 Å². The van der Waals surface area contributed by atoms with Crippen LogP contribution >= 0.6 is 12.6 Å². The molecule has 10 heteroatoms. The first-order valence-corrected chi connectivity index (χ1v) is 6.94. The van der Waals surface area contributed by atoms with E-state index in [0.29, 0.717) is 0 Å². The van der Waals surface area contributed by atoms with Crippen LogP contribution < -0.4 is 10.6 Å². The molecule has 1 fully saturated rings. The second-order valence-corrected chi connectivity index (χ2v) is 5.06. The second kappa shape index (κ2) is 7.92. The summed E-state index contributed by atoms with van der Waals surface area (Å²) in [6.07, 6.45) is -5.77. The Kier molecular flexibility index (Phi) is 6.84. The Bertz CT molecular complexity index is 384. The molecule has 0 bridgehead atoms. The topological polar surface area (TPSA) is 148 Å². The van der Waals surface area contributed by atoms with Crippen LogP contribution in [0.4, 0.5) is 0 Å². The van der Waals surface area contributed by atoms with E-state index in [2.05, 4.69) is 23.3 Å². The molecule has 1 rings (SSSR count). The van der Waals surface area contributed by atoms with Crippen molar-refractivity contribution in [3.05, 3.63) is 0 Å². The van der Waals surface area contributed by atoms with E-state index in [1.165, 1.54) is 6.92 Å². The van der Waals surface area contributed by atoms with Crippen LogP contribution in [-0.2, 0) is 14.3 Å². The molecular weight excluding hydrogens is 304 g/mol. The molecular formula is C11H20N2O7S. The van der Waals surface area contributed by atoms with Gasteiger partial charge in [-0.05, 0) is 0 Å². The van der Waals surface area contributed by atoms with Crippen molar-refractivity contribution in [2.45, 2.75) is 43.6 Å². The molecule has 1 unspecified atom stereocenters. The van der Waals surface area contributed by atoms with E-state index in [1.54, 1.807) is 0 Å². The summed E-state index contributed by atoms with van der Waals surface area (Å²) in [5.74, 6) is -1.13. The van der Waals surface area contributed by atoms with E-state index in [9.17, 15) is 24.9 Å². The molecule has 0 aromatic rings. The van der Waals surface area contributed by atoms with Gasteiger partial charge in [-0.3, -0.25) is 9.59 Å². The zero-order chi connectivity index (χ0) is 16.2. The van der Waals surface area contributed by atoms with Gasteiger partial charge >= 0.3 is 0 Å². The highest BCUT2D eigenvalue weighted by atomic mass is 32.1. The Morgan fingerprint density at radius 1 is 1.29 bits per heavy atom. The van der Waals surface area contributed by atoms with Gasteiger partial charge in [0.15, 0.2) is 6.29 Å². The molecule has 1 heterocycles. The third-order valence-corrected chi connectivity index (χ3v) is 3.45. The molecule has 122 valence electrons. The van der Waals surface area contributed by atoms with Gasteiger partial charge in [0.2, 0.25) is 11.8 Å². The van der Waals surface area contributed by atoms with Crippen molar-refractivity contribution in [3.8, 4) is 0 Å². The maximum Gasteiger partial charge on any atom is 0.243 e. The minimum Gasteiger partial charge on any atom is -0.394 e. The van der Waals surface area contributed by atoms with Gasteiger partial charge in [-0.15, -0.1) is 0 Å². The molecule has 1 saturated heterocycles. The number of aliphatic hydroxyl groups is 4. The Hall–Kier alpha value is -0.910. The van der Waals surface area contributed by atoms with Crippen molar-refractivity contribution in [1.82, 2.24) is 10.6 Å². The molecule has 9 nitrogen and oxygen atoms in total. The van der Waals surface area contributed by atoms with Crippen molar-refractivity contribution in [2.75, 3.05) is 12.4 Å². The van der Waals surface area contributed by atoms with Crippen LogP contribution in [0.5, 0.6) is 0 Å². The average Bonchev–Trinajstić information content (AvgIpc) is 2.44. The number of rotatable bonds is 5. The summed E-state index contributed by atoms with van der Waals surface area (Å²) >= 11 is 3.93. The molecule has 1 aliphatic heterocycles. The van der Waals surface area contributed by atoms with Crippen LogP contribution in [0, 0.1) is 0 Å². The van der Waals surface area contributed by atoms with Gasteiger partial charge in [-0.25, -0.2) is 0 Å². The van der Waals surface area contributed by atoms with E-state index in [-0.39, 0.29) is 5.75 Å². The summed E-state index contributed by atoms with van der Waals surface area (Å²) in [6, 6.07) is -2.26. The molecule has 1 aliphatic rings. The fourth-order valence-electron chi connectivity index (χ4n) is 1.96. The Balaban J connectivity index is 2.72. The lowest BCUT2D eigenvalue weighted by Gasteiger charge is -2.40. The van der Waals surface area contributed by atoms with E-state index in [4.69, 9.17) is 9.84 Å². The lowest BCUT2D eigenvalue weighted by Crippen LogP contribution is -2.65. The van der Waals surface area contributed by atoms with Crippen molar-refractivity contribution in [3.63, 3.8) is 0 Å². The predicted octanol–water partition coefficient (Wildman–Crippen LogP) is -3.66. The van der Waals surface area contributed by atoms with Gasteiger partial charge in [-0.2, -0.15) is 12.6 Å². The maximum absolute atomic E-state index is 11.9. The van der Waals surface area contributed by atoms with E-state index in [0.717, 1.165) is 0 Å². The first-order chi connectivity index (χ1) is 9.81. The predicted molar refractivity (Wildman–Crippen MR) is 73.4 cm³/mol. The van der Waals surface area contributed by atoms with Gasteiger partial charge < -0.3 is 35.8 Å². The molecule has 0 radical (unpaired) electrons. The van der Waals surface area contributed by atoms with E-state index >= 15 is 0 Å². The van der Waals surface area contributed by atoms with Gasteiger partial charge in [-0.1, -0.05) is 0 Å². The molecule has 0 aliphatic carbocycles. The van der Waals surface area contributed by atoms with Crippen molar-refractivity contribution in [1.29, 1.82) is 0 Å². The van der Waals surface area contributed by atoms with Gasteiger partial charge in [0.05, 0.1) is 6.61 Å². The summed E-state index contributed by atoms with van der Waals surface area (Å²) in [6.45, 7) is 0.633. The lowest BCUT2D eigenvalue weighted by atomic mass is 9.97. The fourth-order valence-corrected chi connectivity index (χ4v) is 2.21. The van der Waals surface area contributed by atoms with Crippen LogP contribution in [0.15, 0.2) is 0 Å². The number of thiol groups is 1. The number of hydrogen-bond acceptors (Lipinski definition) is 8. The van der Waals surface area contributed by atoms with Crippen LogP contribution in [0.2, 0.25) is 0 Å². The third kappa shape index (κ3) is 4.53. The van der Waals surface area contributed by atoms with E-state index < -0.39 is 55.1 Å². The zero-order valence-electron chi connectivity index (χ0n) is 11.3. The summed E-state index contributed by atoms with van der Waals surface area (Å²) in [5, 5.41) is 42.9. The third-order valence-electron chi connectivity index (χ3n) is 3.09. The van der Waals surface area contributed by atoms with Gasteiger partial charge in [0, 0.05) is 12.7 Å². The highest BCUT2D eigenvalue weighted by molar-refractivity contribution is 7.80. The molecule has 0 aromatic heterocycles. The summed E-state index contributed by atoms with van der Waals surface area (Å²) < 4.78 is 4.90. The largest absolute Gasteiger partial charge is 0.394 e. The van der Waals surface area contributed by atoms with E-state index in [1.807, 2.05) is 0 Å². The number of hydrogen-bond donors (Lipinski definition) is 7. The number of aliphatic hydroxyl groups excluding tert-OH is 4. The standard InChI is InChI=1S/C11H20N2O7S/c1-4(15)12-5(3-21)10(18)13-7-9(17)8(16)6(2-14)20-11(7)19/h5-9,11,14,16-17,19,21H,2-3H2,1H3,(H,12,15)(H,13,18)/t5?,6-,7-,8-,9-,11+/m1/s1. The number of ether oxygens (including phenoxy) is 1. The van der Waals surface area contributed by atoms with Gasteiger partial charge in [0.25, 0.3) is 0 Å². The van der Waals surface area contributed by atoms with Crippen molar-refractivity contribution >= 4 is 24.4 Å². The first kappa shape index (κ1) is 18.1. The molecule has 2 amide bonds. The number of carbonyl (C=O) groups excluding carboxylic acids is 2. The highest BCUT2D eigenvalue weighted by Crippen LogP contribution is 2.19. The smallest absolute Gasteiger partial charge is 0.243 e. The van der Waals surface area contributed by atoms with Crippen LogP contribution in [0.3, 0.4) is 0 Å². The lowest BCUT2D eigenvalue weighted by molar-refractivity contribution is -0.253. The molecule has 6 N–H and O–H groups in total. The number of amides is 2. The van der Waals surface area contributed by atoms with Crippen LogP contribution in [0.25, 0.3) is 0 Å². The SMILES string of the molecule is CC(=O)NC(CS)C(=O)N[C@@H]1[C@@H](O)[C@H](O)[C@@H](CO)O[C@@H]1O. The van der Waals surface area contributed by atoms with Gasteiger partial charge in [0.1, 0.15) is 30.4 Å². The molecule has 21 heavy (non-hydrogen) atoms. The molecule has 0 aromatic carbocycles. The number of nitrogens with one attached hydrogen (secondary N) is 2. The fraction of sp³-hybridized carbons (Fsp3) is 0.818. The molecule has 0 saturated carbocycles. The van der Waals surface area contributed by atoms with Crippen LogP contribution in [-0.4, -0.2) is 81.3 Å². The minimum atomic E-state index is -1.61. The normalized spacial score (nSPS) is 34.1. The summed E-state index contributed by atoms with van der Waals surface area (Å²) in [5.41, 5.74) is 0. The quantitative estimate of drug-likeness (QED) is 0.258. The molecule has 0 spiro atoms. The summed E-state index contributed by atoms with van der Waals surface area (Å²) in [7, 11) is 0. The van der Waals surface area contributed by atoms with Crippen LogP contribution in [0.1, 0.15) is 6.92 Å². The average molecular weight is 324 g/mol.